The summed E-state index contributed by atoms with van der Waals surface area (Å²) in [5.74, 6) is -1.98. The Labute approximate surface area is 132 Å². The van der Waals surface area contributed by atoms with Gasteiger partial charge in [-0.05, 0) is 48.2 Å². The molecule has 5 heteroatoms. The molecule has 0 spiro atoms. The summed E-state index contributed by atoms with van der Waals surface area (Å²) in [4.78, 5) is 11.4. The highest BCUT2D eigenvalue weighted by Gasteiger charge is 2.20. The number of hydrogen-bond donors (Lipinski definition) is 1. The Morgan fingerprint density at radius 2 is 1.76 bits per heavy atom. The number of halogens is 3. The molecule has 0 aliphatic carbocycles. The van der Waals surface area contributed by atoms with Gasteiger partial charge in [-0.2, -0.15) is 0 Å². The van der Waals surface area contributed by atoms with Gasteiger partial charge >= 0.3 is 5.97 Å². The molecule has 0 aromatic heterocycles. The van der Waals surface area contributed by atoms with Gasteiger partial charge in [-0.25, -0.2) is 4.39 Å². The van der Waals surface area contributed by atoms with Crippen molar-refractivity contribution in [1.82, 2.24) is 0 Å². The van der Waals surface area contributed by atoms with Gasteiger partial charge in [0.1, 0.15) is 5.82 Å². The summed E-state index contributed by atoms with van der Waals surface area (Å²) in [6.07, 6.45) is 0.608. The summed E-state index contributed by atoms with van der Waals surface area (Å²) in [7, 11) is 0. The molecule has 2 aromatic rings. The minimum Gasteiger partial charge on any atom is -0.481 e. The van der Waals surface area contributed by atoms with Gasteiger partial charge in [0.05, 0.1) is 5.92 Å². The Bertz CT molecular complexity index is 641. The highest BCUT2D eigenvalue weighted by molar-refractivity contribution is 6.31. The first-order chi connectivity index (χ1) is 9.95. The molecular weight excluding hydrogens is 314 g/mol. The maximum Gasteiger partial charge on any atom is 0.307 e. The zero-order chi connectivity index (χ0) is 15.4. The van der Waals surface area contributed by atoms with E-state index in [4.69, 9.17) is 23.2 Å². The van der Waals surface area contributed by atoms with Crippen LogP contribution in [0.2, 0.25) is 10.0 Å². The molecule has 0 bridgehead atoms. The third-order valence-electron chi connectivity index (χ3n) is 3.23. The molecular formula is C16H13Cl2FO2. The van der Waals surface area contributed by atoms with Gasteiger partial charge in [0.25, 0.3) is 0 Å². The monoisotopic (exact) mass is 326 g/mol. The fourth-order valence-corrected chi connectivity index (χ4v) is 2.47. The number of hydrogen-bond acceptors (Lipinski definition) is 1. The van der Waals surface area contributed by atoms with Gasteiger partial charge in [0.2, 0.25) is 0 Å². The quantitative estimate of drug-likeness (QED) is 0.870. The zero-order valence-electron chi connectivity index (χ0n) is 11.0. The number of aliphatic carboxylic acids is 1. The molecule has 0 fully saturated rings. The molecule has 110 valence electrons. The minimum absolute atomic E-state index is 0.247. The molecule has 0 saturated heterocycles. The van der Waals surface area contributed by atoms with E-state index >= 15 is 0 Å². The highest BCUT2D eigenvalue weighted by Crippen LogP contribution is 2.23. The van der Waals surface area contributed by atoms with Gasteiger partial charge in [-0.3, -0.25) is 4.79 Å². The predicted molar refractivity (Wildman–Crippen MR) is 81.4 cm³/mol. The first kappa shape index (κ1) is 15.8. The molecule has 2 nitrogen and oxygen atoms in total. The van der Waals surface area contributed by atoms with Crippen LogP contribution in [-0.2, 0) is 17.6 Å². The minimum atomic E-state index is -0.912. The fraction of sp³-hybridized carbons (Fsp3) is 0.188. The molecule has 0 aliphatic heterocycles. The van der Waals surface area contributed by atoms with E-state index in [9.17, 15) is 14.3 Å². The van der Waals surface area contributed by atoms with Crippen LogP contribution in [0, 0.1) is 11.7 Å². The van der Waals surface area contributed by atoms with Crippen molar-refractivity contribution in [3.63, 3.8) is 0 Å². The normalized spacial score (nSPS) is 12.1. The zero-order valence-corrected chi connectivity index (χ0v) is 12.5. The maximum atomic E-state index is 13.0. The summed E-state index contributed by atoms with van der Waals surface area (Å²) in [5.41, 5.74) is 1.50. The first-order valence-corrected chi connectivity index (χ1v) is 7.12. The molecule has 1 unspecified atom stereocenters. The van der Waals surface area contributed by atoms with E-state index in [0.29, 0.717) is 17.0 Å². The van der Waals surface area contributed by atoms with E-state index in [0.717, 1.165) is 5.56 Å². The van der Waals surface area contributed by atoms with Crippen LogP contribution in [0.3, 0.4) is 0 Å². The second kappa shape index (κ2) is 6.92. The van der Waals surface area contributed by atoms with Crippen LogP contribution in [0.4, 0.5) is 4.39 Å². The summed E-state index contributed by atoms with van der Waals surface area (Å²) in [6, 6.07) is 11.0. The molecule has 0 amide bonds. The van der Waals surface area contributed by atoms with Crippen molar-refractivity contribution in [1.29, 1.82) is 0 Å². The van der Waals surface area contributed by atoms with E-state index < -0.39 is 17.7 Å². The standard InChI is InChI=1S/C16H13Cl2FO2/c17-13-4-1-10(2-5-13)7-12(16(20)21)8-11-3-6-14(19)9-15(11)18/h1-6,9,12H,7-8H2,(H,20,21). The lowest BCUT2D eigenvalue weighted by molar-refractivity contribution is -0.141. The van der Waals surface area contributed by atoms with Crippen molar-refractivity contribution < 1.29 is 14.3 Å². The van der Waals surface area contributed by atoms with Crippen molar-refractivity contribution >= 4 is 29.2 Å². The summed E-state index contributed by atoms with van der Waals surface area (Å²) >= 11 is 11.8. The van der Waals surface area contributed by atoms with Gasteiger partial charge in [-0.15, -0.1) is 0 Å². The van der Waals surface area contributed by atoms with Gasteiger partial charge in [0, 0.05) is 10.0 Å². The van der Waals surface area contributed by atoms with Crippen LogP contribution >= 0.6 is 23.2 Å². The van der Waals surface area contributed by atoms with E-state index in [-0.39, 0.29) is 11.4 Å². The lowest BCUT2D eigenvalue weighted by Gasteiger charge is -2.13. The summed E-state index contributed by atoms with van der Waals surface area (Å²) < 4.78 is 13.0. The highest BCUT2D eigenvalue weighted by atomic mass is 35.5. The van der Waals surface area contributed by atoms with Crippen molar-refractivity contribution in [2.24, 2.45) is 5.92 Å². The molecule has 0 radical (unpaired) electrons. The van der Waals surface area contributed by atoms with E-state index in [1.165, 1.54) is 18.2 Å². The van der Waals surface area contributed by atoms with Crippen molar-refractivity contribution in [2.75, 3.05) is 0 Å². The number of carboxylic acids is 1. The number of rotatable bonds is 5. The Morgan fingerprint density at radius 3 is 2.33 bits per heavy atom. The second-order valence-corrected chi connectivity index (χ2v) is 5.65. The molecule has 2 rings (SSSR count). The lowest BCUT2D eigenvalue weighted by Crippen LogP contribution is -2.19. The molecule has 0 saturated carbocycles. The Hall–Kier alpha value is -1.58. The van der Waals surface area contributed by atoms with Crippen LogP contribution in [0.5, 0.6) is 0 Å². The van der Waals surface area contributed by atoms with Crippen LogP contribution in [0.1, 0.15) is 11.1 Å². The van der Waals surface area contributed by atoms with Crippen LogP contribution in [-0.4, -0.2) is 11.1 Å². The Kier molecular flexibility index (Phi) is 5.21. The molecule has 1 N–H and O–H groups in total. The van der Waals surface area contributed by atoms with Gasteiger partial charge in [-0.1, -0.05) is 41.4 Å². The fourth-order valence-electron chi connectivity index (χ4n) is 2.10. The van der Waals surface area contributed by atoms with Crippen LogP contribution in [0.15, 0.2) is 42.5 Å². The average molecular weight is 327 g/mol. The molecule has 2 aromatic carbocycles. The maximum absolute atomic E-state index is 13.0. The smallest absolute Gasteiger partial charge is 0.307 e. The Balaban J connectivity index is 2.15. The van der Waals surface area contributed by atoms with Gasteiger partial charge < -0.3 is 5.11 Å². The van der Waals surface area contributed by atoms with Crippen molar-refractivity contribution in [3.8, 4) is 0 Å². The Morgan fingerprint density at radius 1 is 1.10 bits per heavy atom. The van der Waals surface area contributed by atoms with Crippen LogP contribution < -0.4 is 0 Å². The number of carboxylic acid groups (broad SMARTS) is 1. The van der Waals surface area contributed by atoms with E-state index in [2.05, 4.69) is 0 Å². The van der Waals surface area contributed by atoms with Crippen molar-refractivity contribution in [2.45, 2.75) is 12.8 Å². The topological polar surface area (TPSA) is 37.3 Å². The number of benzene rings is 2. The predicted octanol–water partition coefficient (Wildman–Crippen LogP) is 4.62. The molecule has 0 aliphatic rings. The molecule has 21 heavy (non-hydrogen) atoms. The number of carbonyl (C=O) groups is 1. The summed E-state index contributed by atoms with van der Waals surface area (Å²) in [5, 5.41) is 10.2. The average Bonchev–Trinajstić information content (AvgIpc) is 2.43. The van der Waals surface area contributed by atoms with Crippen LogP contribution in [0.25, 0.3) is 0 Å². The third kappa shape index (κ3) is 4.45. The molecule has 1 atom stereocenters. The third-order valence-corrected chi connectivity index (χ3v) is 3.83. The first-order valence-electron chi connectivity index (χ1n) is 6.37. The van der Waals surface area contributed by atoms with Crippen molar-refractivity contribution in [3.05, 3.63) is 69.5 Å². The summed E-state index contributed by atoms with van der Waals surface area (Å²) in [6.45, 7) is 0. The second-order valence-electron chi connectivity index (χ2n) is 4.81. The molecule has 0 heterocycles. The lowest BCUT2D eigenvalue weighted by atomic mass is 9.92. The largest absolute Gasteiger partial charge is 0.481 e. The SMILES string of the molecule is O=C(O)C(Cc1ccc(Cl)cc1)Cc1ccc(F)cc1Cl. The van der Waals surface area contributed by atoms with E-state index in [1.54, 1.807) is 24.3 Å². The van der Waals surface area contributed by atoms with Gasteiger partial charge in [0.15, 0.2) is 0 Å². The van der Waals surface area contributed by atoms with E-state index in [1.807, 2.05) is 0 Å².